The molecule has 1 aromatic rings. The first kappa shape index (κ1) is 13.3. The molecule has 0 saturated heterocycles. The summed E-state index contributed by atoms with van der Waals surface area (Å²) in [5.41, 5.74) is 4.23. The Bertz CT molecular complexity index is 424. The van der Waals surface area contributed by atoms with Crippen LogP contribution in [0.2, 0.25) is 0 Å². The van der Waals surface area contributed by atoms with Gasteiger partial charge < -0.3 is 10.5 Å². The Labute approximate surface area is 96.6 Å². The molecule has 0 radical (unpaired) electrons. The lowest BCUT2D eigenvalue weighted by atomic mass is 10.1. The van der Waals surface area contributed by atoms with Gasteiger partial charge in [0.15, 0.2) is 0 Å². The summed E-state index contributed by atoms with van der Waals surface area (Å²) in [6.45, 7) is 0.461. The second kappa shape index (κ2) is 5.55. The number of alkyl halides is 3. The fourth-order valence-corrected chi connectivity index (χ4v) is 1.21. The normalized spacial score (nSPS) is 11.0. The number of nitrogens with zero attached hydrogens (tertiary/aromatic N) is 1. The summed E-state index contributed by atoms with van der Waals surface area (Å²) in [7, 11) is 0. The quantitative estimate of drug-likeness (QED) is 0.827. The van der Waals surface area contributed by atoms with E-state index >= 15 is 0 Å². The molecule has 6 heteroatoms. The van der Waals surface area contributed by atoms with Crippen LogP contribution in [0.25, 0.3) is 0 Å². The summed E-state index contributed by atoms with van der Waals surface area (Å²) in [5.74, 6) is -0.273. The number of hydrogen-bond acceptors (Lipinski definition) is 3. The van der Waals surface area contributed by atoms with Crippen molar-refractivity contribution >= 4 is 0 Å². The molecular formula is C11H11F3N2O. The molecule has 17 heavy (non-hydrogen) atoms. The van der Waals surface area contributed by atoms with Crippen LogP contribution in [0.4, 0.5) is 13.2 Å². The zero-order valence-corrected chi connectivity index (χ0v) is 8.92. The van der Waals surface area contributed by atoms with E-state index in [1.54, 1.807) is 6.07 Å². The van der Waals surface area contributed by atoms with Crippen LogP contribution in [0.15, 0.2) is 18.2 Å². The molecule has 2 N–H and O–H groups in total. The van der Waals surface area contributed by atoms with Gasteiger partial charge in [0.1, 0.15) is 5.75 Å². The van der Waals surface area contributed by atoms with Crippen molar-refractivity contribution in [3.8, 4) is 11.8 Å². The summed E-state index contributed by atoms with van der Waals surface area (Å²) >= 11 is 0. The van der Waals surface area contributed by atoms with Crippen molar-refractivity contribution in [2.45, 2.75) is 12.6 Å². The standard InChI is InChI=1S/C11H11F3N2O/c12-11(13,14)9-6-8(7-16)2-3-10(9)17-5-1-4-15/h2-3,6H,1,4-5,15H2. The van der Waals surface area contributed by atoms with Crippen molar-refractivity contribution < 1.29 is 17.9 Å². The van der Waals surface area contributed by atoms with E-state index in [9.17, 15) is 13.2 Å². The molecule has 0 heterocycles. The highest BCUT2D eigenvalue weighted by Gasteiger charge is 2.34. The predicted octanol–water partition coefficient (Wildman–Crippen LogP) is 2.30. The molecule has 1 rings (SSSR count). The van der Waals surface area contributed by atoms with E-state index in [1.807, 2.05) is 0 Å². The number of halogens is 3. The fraction of sp³-hybridized carbons (Fsp3) is 0.364. The largest absolute Gasteiger partial charge is 0.493 e. The van der Waals surface area contributed by atoms with Crippen molar-refractivity contribution in [2.24, 2.45) is 5.73 Å². The highest BCUT2D eigenvalue weighted by Crippen LogP contribution is 2.36. The zero-order chi connectivity index (χ0) is 12.9. The summed E-state index contributed by atoms with van der Waals surface area (Å²) in [6, 6.07) is 4.87. The SMILES string of the molecule is N#Cc1ccc(OCCCN)c(C(F)(F)F)c1. The van der Waals surface area contributed by atoms with Gasteiger partial charge in [0.05, 0.1) is 23.8 Å². The van der Waals surface area contributed by atoms with Crippen molar-refractivity contribution in [3.63, 3.8) is 0 Å². The topological polar surface area (TPSA) is 59.0 Å². The number of nitrogens with two attached hydrogens (primary N) is 1. The van der Waals surface area contributed by atoms with Gasteiger partial charge in [-0.15, -0.1) is 0 Å². The molecule has 0 amide bonds. The molecule has 0 aliphatic heterocycles. The van der Waals surface area contributed by atoms with E-state index in [1.165, 1.54) is 6.07 Å². The average molecular weight is 244 g/mol. The Kier molecular flexibility index (Phi) is 4.35. The molecule has 1 aromatic carbocycles. The average Bonchev–Trinajstić information content (AvgIpc) is 2.28. The molecule has 92 valence electrons. The Hall–Kier alpha value is -1.74. The molecule has 0 fully saturated rings. The van der Waals surface area contributed by atoms with E-state index in [4.69, 9.17) is 15.7 Å². The zero-order valence-electron chi connectivity index (χ0n) is 8.92. The lowest BCUT2D eigenvalue weighted by molar-refractivity contribution is -0.139. The maximum atomic E-state index is 12.7. The Balaban J connectivity index is 3.00. The Morgan fingerprint density at radius 2 is 2.06 bits per heavy atom. The summed E-state index contributed by atoms with van der Waals surface area (Å²) in [4.78, 5) is 0. The Morgan fingerprint density at radius 3 is 2.59 bits per heavy atom. The number of nitriles is 1. The van der Waals surface area contributed by atoms with Gasteiger partial charge in [-0.3, -0.25) is 0 Å². The minimum atomic E-state index is -4.54. The minimum absolute atomic E-state index is 0.0523. The number of ether oxygens (including phenoxy) is 1. The third-order valence-electron chi connectivity index (χ3n) is 2.02. The van der Waals surface area contributed by atoms with E-state index < -0.39 is 11.7 Å². The summed E-state index contributed by atoms with van der Waals surface area (Å²) in [6.07, 6.45) is -4.07. The maximum absolute atomic E-state index is 12.7. The van der Waals surface area contributed by atoms with Crippen LogP contribution < -0.4 is 10.5 Å². The van der Waals surface area contributed by atoms with Crippen LogP contribution in [0.1, 0.15) is 17.5 Å². The van der Waals surface area contributed by atoms with Crippen molar-refractivity contribution in [1.29, 1.82) is 5.26 Å². The van der Waals surface area contributed by atoms with Gasteiger partial charge in [-0.05, 0) is 31.2 Å². The molecule has 0 aliphatic carbocycles. The van der Waals surface area contributed by atoms with Crippen LogP contribution in [0.5, 0.6) is 5.75 Å². The Morgan fingerprint density at radius 1 is 1.35 bits per heavy atom. The van der Waals surface area contributed by atoms with Crippen molar-refractivity contribution in [2.75, 3.05) is 13.2 Å². The van der Waals surface area contributed by atoms with E-state index in [0.717, 1.165) is 12.1 Å². The monoisotopic (exact) mass is 244 g/mol. The van der Waals surface area contributed by atoms with Crippen LogP contribution in [-0.4, -0.2) is 13.2 Å². The first-order chi connectivity index (χ1) is 7.99. The van der Waals surface area contributed by atoms with Crippen LogP contribution in [-0.2, 0) is 6.18 Å². The molecule has 0 saturated carbocycles. The van der Waals surface area contributed by atoms with Gasteiger partial charge in [-0.25, -0.2) is 0 Å². The van der Waals surface area contributed by atoms with Gasteiger partial charge in [0.25, 0.3) is 0 Å². The molecule has 0 unspecified atom stereocenters. The molecule has 0 aliphatic rings. The van der Waals surface area contributed by atoms with E-state index in [0.29, 0.717) is 13.0 Å². The molecule has 0 bridgehead atoms. The molecule has 0 aromatic heterocycles. The van der Waals surface area contributed by atoms with Crippen LogP contribution in [0, 0.1) is 11.3 Å². The summed E-state index contributed by atoms with van der Waals surface area (Å²) in [5, 5.41) is 8.56. The number of rotatable bonds is 4. The third-order valence-corrected chi connectivity index (χ3v) is 2.02. The smallest absolute Gasteiger partial charge is 0.420 e. The first-order valence-corrected chi connectivity index (χ1v) is 4.93. The van der Waals surface area contributed by atoms with E-state index in [-0.39, 0.29) is 17.9 Å². The van der Waals surface area contributed by atoms with Gasteiger partial charge in [-0.1, -0.05) is 0 Å². The lowest BCUT2D eigenvalue weighted by Gasteiger charge is -2.13. The van der Waals surface area contributed by atoms with Crippen molar-refractivity contribution in [1.82, 2.24) is 0 Å². The number of benzene rings is 1. The fourth-order valence-electron chi connectivity index (χ4n) is 1.21. The molecule has 3 nitrogen and oxygen atoms in total. The highest BCUT2D eigenvalue weighted by molar-refractivity contribution is 5.43. The van der Waals surface area contributed by atoms with E-state index in [2.05, 4.69) is 0 Å². The van der Waals surface area contributed by atoms with Crippen molar-refractivity contribution in [3.05, 3.63) is 29.3 Å². The number of hydrogen-bond donors (Lipinski definition) is 1. The first-order valence-electron chi connectivity index (χ1n) is 4.93. The minimum Gasteiger partial charge on any atom is -0.493 e. The van der Waals surface area contributed by atoms with Gasteiger partial charge in [-0.2, -0.15) is 18.4 Å². The van der Waals surface area contributed by atoms with Crippen LogP contribution >= 0.6 is 0 Å². The lowest BCUT2D eigenvalue weighted by Crippen LogP contribution is -2.11. The van der Waals surface area contributed by atoms with Gasteiger partial charge in [0.2, 0.25) is 0 Å². The van der Waals surface area contributed by atoms with Crippen LogP contribution in [0.3, 0.4) is 0 Å². The highest BCUT2D eigenvalue weighted by atomic mass is 19.4. The van der Waals surface area contributed by atoms with Gasteiger partial charge >= 0.3 is 6.18 Å². The second-order valence-electron chi connectivity index (χ2n) is 3.31. The third kappa shape index (κ3) is 3.64. The van der Waals surface area contributed by atoms with Gasteiger partial charge in [0, 0.05) is 0 Å². The second-order valence-corrected chi connectivity index (χ2v) is 3.31. The molecular weight excluding hydrogens is 233 g/mol. The maximum Gasteiger partial charge on any atom is 0.420 e. The molecule has 0 spiro atoms. The summed E-state index contributed by atoms with van der Waals surface area (Å²) < 4.78 is 43.0. The predicted molar refractivity (Wildman–Crippen MR) is 55.3 cm³/mol. The molecule has 0 atom stereocenters.